The van der Waals surface area contributed by atoms with E-state index in [1.165, 1.54) is 11.8 Å². The predicted octanol–water partition coefficient (Wildman–Crippen LogP) is 12.4. The van der Waals surface area contributed by atoms with Gasteiger partial charge in [0, 0.05) is 152 Å². The Hall–Kier alpha value is -16.7. The highest BCUT2D eigenvalue weighted by molar-refractivity contribution is 6.36. The first-order valence-corrected chi connectivity index (χ1v) is 39.4. The van der Waals surface area contributed by atoms with E-state index < -0.39 is 11.1 Å². The van der Waals surface area contributed by atoms with Crippen molar-refractivity contribution < 1.29 is 0 Å². The largest absolute Gasteiger partial charge is 0.382 e. The normalized spacial score (nSPS) is 12.2. The van der Waals surface area contributed by atoms with Crippen molar-refractivity contribution >= 4 is 107 Å². The van der Waals surface area contributed by atoms with Crippen LogP contribution in [0.5, 0.6) is 0 Å². The molecule has 0 fully saturated rings. The Morgan fingerprint density at radius 1 is 0.488 bits per heavy atom. The Balaban J connectivity index is 0.000000115. The number of anilines is 7. The molecule has 1 aliphatic rings. The maximum atomic E-state index is 12.1. The molecule has 0 bridgehead atoms. The molecule has 15 aromatic heterocycles. The van der Waals surface area contributed by atoms with Crippen LogP contribution in [0.25, 0.3) is 134 Å². The number of nitrogens with two attached hydrogens (primary N) is 6. The Kier molecular flexibility index (Phi) is 22.7. The van der Waals surface area contributed by atoms with Crippen molar-refractivity contribution in [2.45, 2.75) is 40.2 Å². The number of fused-ring (bicyclic) bond motifs is 5. The molecule has 620 valence electrons. The summed E-state index contributed by atoms with van der Waals surface area (Å²) in [6.07, 6.45) is 21.3. The summed E-state index contributed by atoms with van der Waals surface area (Å²) in [5.41, 5.74) is 50.6. The van der Waals surface area contributed by atoms with Crippen LogP contribution < -0.4 is 56.0 Å². The second kappa shape index (κ2) is 34.5. The molecular weight excluding hydrogens is 1620 g/mol. The van der Waals surface area contributed by atoms with Gasteiger partial charge in [-0.05, 0) is 152 Å². The molecule has 0 saturated carbocycles. The third-order valence-corrected chi connectivity index (χ3v) is 20.8. The number of benzene rings is 4. The van der Waals surface area contributed by atoms with E-state index in [1.807, 2.05) is 186 Å². The lowest BCUT2D eigenvalue weighted by Crippen LogP contribution is -2.34. The molecule has 0 saturated heterocycles. The van der Waals surface area contributed by atoms with E-state index in [0.29, 0.717) is 95.8 Å². The van der Waals surface area contributed by atoms with Crippen molar-refractivity contribution in [3.8, 4) is 96.9 Å². The summed E-state index contributed by atoms with van der Waals surface area (Å²) in [5.74, 6) is 2.84. The van der Waals surface area contributed by atoms with E-state index in [-0.39, 0.29) is 45.4 Å². The highest BCUT2D eigenvalue weighted by atomic mass is 35.5. The van der Waals surface area contributed by atoms with Crippen molar-refractivity contribution in [2.24, 2.45) is 21.1 Å². The molecular formula is C88H76Cl2N32O3. The monoisotopic (exact) mass is 1700 g/mol. The minimum Gasteiger partial charge on any atom is -0.382 e. The van der Waals surface area contributed by atoms with Gasteiger partial charge in [-0.2, -0.15) is 25.7 Å². The van der Waals surface area contributed by atoms with E-state index in [9.17, 15) is 19.6 Å². The van der Waals surface area contributed by atoms with Crippen LogP contribution in [0.15, 0.2) is 228 Å². The van der Waals surface area contributed by atoms with Crippen LogP contribution in [0.3, 0.4) is 0 Å². The maximum absolute atomic E-state index is 12.1. The van der Waals surface area contributed by atoms with E-state index in [1.54, 1.807) is 87.1 Å². The number of aromatic nitrogens is 24. The number of nitrogen functional groups attached to an aromatic ring is 6. The molecule has 16 heterocycles. The molecule has 1 atom stereocenters. The molecule has 20 rings (SSSR count). The van der Waals surface area contributed by atoms with Crippen LogP contribution >= 0.6 is 23.2 Å². The lowest BCUT2D eigenvalue weighted by molar-refractivity contribution is 0.615. The fourth-order valence-electron chi connectivity index (χ4n) is 14.3. The van der Waals surface area contributed by atoms with Crippen molar-refractivity contribution in [1.29, 1.82) is 5.26 Å². The molecule has 0 aliphatic carbocycles. The first kappa shape index (κ1) is 82.0. The van der Waals surface area contributed by atoms with E-state index in [0.717, 1.165) is 96.7 Å². The van der Waals surface area contributed by atoms with Crippen LogP contribution in [0.1, 0.15) is 46.6 Å². The van der Waals surface area contributed by atoms with Gasteiger partial charge in [-0.1, -0.05) is 60.5 Å². The lowest BCUT2D eigenvalue weighted by atomic mass is 9.96. The quantitative estimate of drug-likeness (QED) is 0.0614. The number of hydrogen-bond donors (Lipinski definition) is 9. The topological polar surface area (TPSA) is 513 Å². The number of hydrogen-bond acceptors (Lipinski definition) is 27. The Labute approximate surface area is 719 Å². The van der Waals surface area contributed by atoms with Crippen LogP contribution in [-0.4, -0.2) is 125 Å². The molecule has 1 aliphatic heterocycles. The fourth-order valence-corrected chi connectivity index (χ4v) is 14.8. The van der Waals surface area contributed by atoms with Gasteiger partial charge in [0.1, 0.15) is 57.4 Å². The third kappa shape index (κ3) is 17.3. The number of pyridine rings is 5. The van der Waals surface area contributed by atoms with Gasteiger partial charge in [-0.15, -0.1) is 0 Å². The molecule has 1 unspecified atom stereocenters. The van der Waals surface area contributed by atoms with E-state index in [2.05, 4.69) is 113 Å². The average molecular weight is 1700 g/mol. The van der Waals surface area contributed by atoms with Gasteiger partial charge in [0.2, 0.25) is 0 Å². The minimum atomic E-state index is -0.512. The summed E-state index contributed by atoms with van der Waals surface area (Å²) in [6.45, 7) is 9.69. The fraction of sp³-hybridized carbons (Fsp3) is 0.114. The van der Waals surface area contributed by atoms with E-state index in [4.69, 9.17) is 57.6 Å². The summed E-state index contributed by atoms with van der Waals surface area (Å²) in [6, 6.07) is 45.6. The van der Waals surface area contributed by atoms with Gasteiger partial charge < -0.3 is 58.8 Å². The van der Waals surface area contributed by atoms with Gasteiger partial charge in [-0.3, -0.25) is 48.4 Å². The van der Waals surface area contributed by atoms with Crippen molar-refractivity contribution in [1.82, 2.24) is 118 Å². The van der Waals surface area contributed by atoms with Gasteiger partial charge >= 0.3 is 0 Å². The number of nitrogens with one attached hydrogen (secondary N) is 3. The highest BCUT2D eigenvalue weighted by Crippen LogP contribution is 2.39. The molecule has 0 radical (unpaired) electrons. The standard InChI is InChI=1S/C19H13ClN6.C18H16N6O.C17H13ClN6O2.C17H19N7.C17H15N7/c1-11-4-6-26(10-11)19-17(24-15(9-21)18(22)25-19)13-7-12-3-2-5-23-16(12)14(20)8-13;1-10-5-7-20-13-4-3-11(9-12(10)13)15-16(14-6-8-24(2)23-14)21-17(19)18(25)22-15;1-24-5-3-11(23-24)14-13(22-17(26)15(19)21-14)9-6-8-2-4-20-16(25)12(8)10(18)7-9;1-11-9-24(10-12-4-3-6-19-15(11)12)17-16(21-14(18)8-20-17)13-5-7-23(2)22-13;1-10-6-8-24(23-10)17-14(21-15(18)16(19)22-17)12-4-5-13-11(9-12)3-2-7-20-13/h2-8,10H,1H3,(H2,22,25);3-9H,1-2H3,(H2,19,21)(H,22,25);2-7H,1H3,(H2,19,21)(H,20,25)(H,22,26);3-8,11H,9-10H2,1-2H3,(H2,18,21);2-9H,1H3,(H2,18,21)(H2,19,22). The van der Waals surface area contributed by atoms with Crippen molar-refractivity contribution in [3.63, 3.8) is 0 Å². The van der Waals surface area contributed by atoms with Crippen LogP contribution in [0.4, 0.5) is 40.7 Å². The summed E-state index contributed by atoms with van der Waals surface area (Å²) in [5, 5.41) is 31.6. The maximum Gasteiger partial charge on any atom is 0.290 e. The second-order valence-corrected chi connectivity index (χ2v) is 30.0. The van der Waals surface area contributed by atoms with Gasteiger partial charge in [0.05, 0.1) is 55.3 Å². The number of halogens is 2. The number of rotatable bonds is 10. The predicted molar refractivity (Wildman–Crippen MR) is 484 cm³/mol. The number of aryl methyl sites for hydroxylation is 6. The molecule has 37 heteroatoms. The number of nitriles is 1. The summed E-state index contributed by atoms with van der Waals surface area (Å²) >= 11 is 12.7. The Morgan fingerprint density at radius 2 is 1.09 bits per heavy atom. The van der Waals surface area contributed by atoms with Crippen molar-refractivity contribution in [2.75, 3.05) is 45.8 Å². The van der Waals surface area contributed by atoms with E-state index >= 15 is 0 Å². The van der Waals surface area contributed by atoms with Gasteiger partial charge in [0.15, 0.2) is 52.2 Å². The Bertz CT molecular complexity index is 7620. The Morgan fingerprint density at radius 3 is 1.76 bits per heavy atom. The number of H-pyrrole nitrogens is 3. The van der Waals surface area contributed by atoms with Crippen LogP contribution in [0.2, 0.25) is 10.0 Å². The highest BCUT2D eigenvalue weighted by Gasteiger charge is 2.29. The smallest absolute Gasteiger partial charge is 0.290 e. The summed E-state index contributed by atoms with van der Waals surface area (Å²) in [4.78, 5) is 99.3. The summed E-state index contributed by atoms with van der Waals surface area (Å²) < 4.78 is 8.53. The number of nitrogens with zero attached hydrogens (tertiary/aromatic N) is 23. The first-order chi connectivity index (χ1) is 60.3. The van der Waals surface area contributed by atoms with Crippen LogP contribution in [-0.2, 0) is 27.7 Å². The second-order valence-electron chi connectivity index (χ2n) is 29.2. The SMILES string of the molecule is CC1CN(c2ncc(N)nc2-c2ccn(C)n2)Cc2cccnc21.Cc1ccn(-c2nc(N)c(C#N)nc2-c2cc(Cl)c3ncccc3c2)c1.Cc1ccn(-c2nc(N)c(N)nc2-c2ccc3ncccc3c2)n1.Cc1ccnc2ccc(-c3[nH]c(=O)c(N)nc3-c3ccn(C)n3)cc12.Cn1ccc(-c2nc(N)c(=O)[nH]c2-c2cc(Cl)c3c(=O)[nH]ccc3c2)n1. The van der Waals surface area contributed by atoms with Crippen molar-refractivity contribution in [3.05, 3.63) is 289 Å². The zero-order valence-electron chi connectivity index (χ0n) is 67.9. The van der Waals surface area contributed by atoms with Crippen LogP contribution in [0, 0.1) is 32.1 Å². The molecule has 125 heavy (non-hydrogen) atoms. The molecule has 4 aromatic carbocycles. The average Bonchev–Trinajstić information content (AvgIpc) is 1.05. The lowest BCUT2D eigenvalue weighted by Gasteiger charge is -2.33. The number of aromatic amines is 3. The third-order valence-electron chi connectivity index (χ3n) is 20.2. The minimum absolute atomic E-state index is 0.0787. The van der Waals surface area contributed by atoms with Gasteiger partial charge in [-0.25, -0.2) is 44.6 Å². The summed E-state index contributed by atoms with van der Waals surface area (Å²) in [7, 11) is 5.48. The van der Waals surface area contributed by atoms with Gasteiger partial charge in [0.25, 0.3) is 16.7 Å². The molecule has 0 amide bonds. The molecule has 35 nitrogen and oxygen atoms in total. The molecule has 15 N–H and O–H groups in total. The first-order valence-electron chi connectivity index (χ1n) is 38.6. The zero-order valence-corrected chi connectivity index (χ0v) is 69.4. The molecule has 19 aromatic rings. The molecule has 0 spiro atoms. The zero-order chi connectivity index (χ0) is 87.6.